The second-order valence-electron chi connectivity index (χ2n) is 6.40. The minimum absolute atomic E-state index is 0.675. The van der Waals surface area contributed by atoms with Gasteiger partial charge in [-0.1, -0.05) is 13.8 Å². The lowest BCUT2D eigenvalue weighted by Gasteiger charge is -2.37. The summed E-state index contributed by atoms with van der Waals surface area (Å²) in [4.78, 5) is 7.22. The molecule has 5 heteroatoms. The molecule has 1 heterocycles. The fourth-order valence-corrected chi connectivity index (χ4v) is 3.01. The molecule has 1 fully saturated rings. The molecule has 0 aliphatic carbocycles. The Morgan fingerprint density at radius 3 is 2.50 bits per heavy atom. The Kier molecular flexibility index (Phi) is 10.2. The SMILES string of the molecule is CCNC(=NCCCCOCCOC)N1CC(C)CC(C)C1. The van der Waals surface area contributed by atoms with Crippen molar-refractivity contribution in [2.45, 2.75) is 40.0 Å². The molecule has 0 saturated carbocycles. The van der Waals surface area contributed by atoms with Gasteiger partial charge in [0.05, 0.1) is 13.2 Å². The van der Waals surface area contributed by atoms with Crippen LogP contribution in [-0.2, 0) is 9.47 Å². The predicted molar refractivity (Wildman–Crippen MR) is 92.4 cm³/mol. The number of nitrogens with one attached hydrogen (secondary N) is 1. The Balaban J connectivity index is 2.29. The summed E-state index contributed by atoms with van der Waals surface area (Å²) in [5.41, 5.74) is 0. The largest absolute Gasteiger partial charge is 0.382 e. The second kappa shape index (κ2) is 11.7. The van der Waals surface area contributed by atoms with Crippen molar-refractivity contribution >= 4 is 5.96 Å². The number of piperidine rings is 1. The van der Waals surface area contributed by atoms with Crippen molar-refractivity contribution in [2.24, 2.45) is 16.8 Å². The molecular formula is C17H35N3O2. The first-order valence-electron chi connectivity index (χ1n) is 8.77. The second-order valence-corrected chi connectivity index (χ2v) is 6.40. The lowest BCUT2D eigenvalue weighted by Crippen LogP contribution is -2.48. The maximum atomic E-state index is 5.47. The number of unbranched alkanes of at least 4 members (excludes halogenated alkanes) is 1. The highest BCUT2D eigenvalue weighted by Crippen LogP contribution is 2.20. The molecule has 1 rings (SSSR count). The van der Waals surface area contributed by atoms with Crippen LogP contribution in [0.2, 0.25) is 0 Å². The number of hydrogen-bond donors (Lipinski definition) is 1. The van der Waals surface area contributed by atoms with Crippen LogP contribution in [0.1, 0.15) is 40.0 Å². The number of methoxy groups -OCH3 is 1. The summed E-state index contributed by atoms with van der Waals surface area (Å²) >= 11 is 0. The molecule has 5 nitrogen and oxygen atoms in total. The predicted octanol–water partition coefficient (Wildman–Crippen LogP) is 2.37. The molecule has 2 atom stereocenters. The standard InChI is InChI=1S/C17H35N3O2/c1-5-18-17(20-13-15(2)12-16(3)14-20)19-8-6-7-9-22-11-10-21-4/h15-16H,5-14H2,1-4H3,(H,18,19). The van der Waals surface area contributed by atoms with Gasteiger partial charge in [-0.25, -0.2) is 0 Å². The van der Waals surface area contributed by atoms with Crippen molar-refractivity contribution in [1.82, 2.24) is 10.2 Å². The van der Waals surface area contributed by atoms with Gasteiger partial charge in [-0.05, 0) is 38.0 Å². The van der Waals surface area contributed by atoms with Crippen LogP contribution in [0.3, 0.4) is 0 Å². The van der Waals surface area contributed by atoms with E-state index in [9.17, 15) is 0 Å². The molecule has 1 aliphatic heterocycles. The van der Waals surface area contributed by atoms with Gasteiger partial charge in [-0.15, -0.1) is 0 Å². The van der Waals surface area contributed by atoms with E-state index < -0.39 is 0 Å². The third-order valence-electron chi connectivity index (χ3n) is 3.89. The molecule has 0 aromatic carbocycles. The number of guanidine groups is 1. The highest BCUT2D eigenvalue weighted by atomic mass is 16.5. The summed E-state index contributed by atoms with van der Waals surface area (Å²) in [7, 11) is 1.70. The molecular weight excluding hydrogens is 278 g/mol. The normalized spacial score (nSPS) is 22.9. The Hall–Kier alpha value is -0.810. The topological polar surface area (TPSA) is 46.1 Å². The van der Waals surface area contributed by atoms with Crippen molar-refractivity contribution < 1.29 is 9.47 Å². The van der Waals surface area contributed by atoms with E-state index in [4.69, 9.17) is 14.5 Å². The van der Waals surface area contributed by atoms with E-state index >= 15 is 0 Å². The van der Waals surface area contributed by atoms with Gasteiger partial charge in [0, 0.05) is 39.9 Å². The van der Waals surface area contributed by atoms with Crippen LogP contribution in [0.25, 0.3) is 0 Å². The number of hydrogen-bond acceptors (Lipinski definition) is 3. The molecule has 1 saturated heterocycles. The minimum Gasteiger partial charge on any atom is -0.382 e. The lowest BCUT2D eigenvalue weighted by molar-refractivity contribution is 0.0690. The first-order chi connectivity index (χ1) is 10.7. The average molecular weight is 313 g/mol. The zero-order valence-corrected chi connectivity index (χ0v) is 14.9. The van der Waals surface area contributed by atoms with Crippen LogP contribution < -0.4 is 5.32 Å². The van der Waals surface area contributed by atoms with Gasteiger partial charge in [0.1, 0.15) is 0 Å². The molecule has 0 amide bonds. The smallest absolute Gasteiger partial charge is 0.193 e. The molecule has 130 valence electrons. The molecule has 1 aliphatic rings. The van der Waals surface area contributed by atoms with Crippen LogP contribution in [0, 0.1) is 11.8 Å². The van der Waals surface area contributed by atoms with Crippen LogP contribution in [-0.4, -0.2) is 64.0 Å². The fraction of sp³-hybridized carbons (Fsp3) is 0.941. The monoisotopic (exact) mass is 313 g/mol. The molecule has 0 radical (unpaired) electrons. The zero-order chi connectivity index (χ0) is 16.2. The van der Waals surface area contributed by atoms with E-state index in [2.05, 4.69) is 31.0 Å². The maximum absolute atomic E-state index is 5.47. The Labute approximate surface area is 136 Å². The quantitative estimate of drug-likeness (QED) is 0.403. The van der Waals surface area contributed by atoms with Crippen LogP contribution in [0.15, 0.2) is 4.99 Å². The van der Waals surface area contributed by atoms with E-state index in [0.29, 0.717) is 13.2 Å². The molecule has 0 aromatic heterocycles. The van der Waals surface area contributed by atoms with E-state index in [1.54, 1.807) is 7.11 Å². The maximum Gasteiger partial charge on any atom is 0.193 e. The van der Waals surface area contributed by atoms with Gasteiger partial charge >= 0.3 is 0 Å². The fourth-order valence-electron chi connectivity index (χ4n) is 3.01. The molecule has 0 aromatic rings. The first kappa shape index (κ1) is 19.2. The van der Waals surface area contributed by atoms with Crippen molar-refractivity contribution in [3.8, 4) is 0 Å². The highest BCUT2D eigenvalue weighted by Gasteiger charge is 2.23. The zero-order valence-electron chi connectivity index (χ0n) is 14.9. The third kappa shape index (κ3) is 7.99. The summed E-state index contributed by atoms with van der Waals surface area (Å²) in [6.45, 7) is 13.0. The summed E-state index contributed by atoms with van der Waals surface area (Å²) in [6, 6.07) is 0. The Morgan fingerprint density at radius 1 is 1.14 bits per heavy atom. The van der Waals surface area contributed by atoms with Gasteiger partial charge in [0.25, 0.3) is 0 Å². The third-order valence-corrected chi connectivity index (χ3v) is 3.89. The van der Waals surface area contributed by atoms with Gasteiger partial charge in [-0.3, -0.25) is 4.99 Å². The van der Waals surface area contributed by atoms with E-state index in [-0.39, 0.29) is 0 Å². The Bertz CT molecular complexity index is 300. The van der Waals surface area contributed by atoms with E-state index in [1.165, 1.54) is 6.42 Å². The summed E-state index contributed by atoms with van der Waals surface area (Å²) < 4.78 is 10.4. The number of ether oxygens (including phenoxy) is 2. The summed E-state index contributed by atoms with van der Waals surface area (Å²) in [6.07, 6.45) is 3.45. The van der Waals surface area contributed by atoms with E-state index in [0.717, 1.165) is 63.4 Å². The van der Waals surface area contributed by atoms with Crippen molar-refractivity contribution in [3.63, 3.8) is 0 Å². The lowest BCUT2D eigenvalue weighted by atomic mass is 9.92. The number of aliphatic imine (C=N–C) groups is 1. The van der Waals surface area contributed by atoms with Crippen molar-refractivity contribution in [2.75, 3.05) is 53.1 Å². The first-order valence-corrected chi connectivity index (χ1v) is 8.77. The van der Waals surface area contributed by atoms with Crippen LogP contribution in [0.4, 0.5) is 0 Å². The summed E-state index contributed by atoms with van der Waals surface area (Å²) in [5.74, 6) is 2.59. The molecule has 0 bridgehead atoms. The van der Waals surface area contributed by atoms with Crippen LogP contribution >= 0.6 is 0 Å². The number of rotatable bonds is 9. The van der Waals surface area contributed by atoms with E-state index in [1.807, 2.05) is 0 Å². The van der Waals surface area contributed by atoms with Gasteiger partial charge in [0.15, 0.2) is 5.96 Å². The molecule has 0 spiro atoms. The molecule has 22 heavy (non-hydrogen) atoms. The van der Waals surface area contributed by atoms with Gasteiger partial charge < -0.3 is 19.7 Å². The van der Waals surface area contributed by atoms with Crippen molar-refractivity contribution in [1.29, 1.82) is 0 Å². The van der Waals surface area contributed by atoms with Gasteiger partial charge in [0.2, 0.25) is 0 Å². The molecule has 1 N–H and O–H groups in total. The average Bonchev–Trinajstić information content (AvgIpc) is 2.48. The van der Waals surface area contributed by atoms with Crippen LogP contribution in [0.5, 0.6) is 0 Å². The van der Waals surface area contributed by atoms with Gasteiger partial charge in [-0.2, -0.15) is 0 Å². The number of nitrogens with zero attached hydrogens (tertiary/aromatic N) is 2. The molecule has 2 unspecified atom stereocenters. The minimum atomic E-state index is 0.675. The number of likely N-dealkylation sites (tertiary alicyclic amines) is 1. The van der Waals surface area contributed by atoms with Crippen molar-refractivity contribution in [3.05, 3.63) is 0 Å². The summed E-state index contributed by atoms with van der Waals surface area (Å²) in [5, 5.41) is 3.44. The Morgan fingerprint density at radius 2 is 1.86 bits per heavy atom. The highest BCUT2D eigenvalue weighted by molar-refractivity contribution is 5.80.